The van der Waals surface area contributed by atoms with Gasteiger partial charge < -0.3 is 20.1 Å². The van der Waals surface area contributed by atoms with E-state index in [0.29, 0.717) is 12.8 Å². The Morgan fingerprint density at radius 1 is 0.547 bits per heavy atom. The van der Waals surface area contributed by atoms with E-state index >= 15 is 18.0 Å². The fraction of sp³-hybridized carbons (Fsp3) is 0.175. The third kappa shape index (κ3) is 8.03. The standard InChI is InChI=1S/C57H41Cl3F3N3O9/c1-27-37(45-38(17-20-41(67)50(45)61)64(27)53(71)30-9-6-14-34(58)23-30)26-44(70)75-56(74)57(33-12-4-5-13-33,48-28(2)65(39-18-21-42(68)51(62)46(39)48)54(72)31-10-7-15-35(59)24-31)49-29(3)66(40-19-22-43(69)52(63)47(40)49)55(73)32-11-8-16-36(60)25-32/h6-11,14-25,33,67-69H,4-5,12-13,26H2,1-3H3. The number of halogens is 6. The van der Waals surface area contributed by atoms with Crippen LogP contribution in [-0.2, 0) is 26.2 Å². The van der Waals surface area contributed by atoms with Crippen LogP contribution in [0.5, 0.6) is 17.2 Å². The number of carbonyl (C=O) groups excluding carboxylic acids is 5. The first-order chi connectivity index (χ1) is 35.8. The molecular weight excluding hydrogens is 1030 g/mol. The van der Waals surface area contributed by atoms with E-state index in [1.54, 1.807) is 6.07 Å². The maximum absolute atomic E-state index is 17.5. The van der Waals surface area contributed by atoms with Gasteiger partial charge in [-0.3, -0.25) is 37.7 Å². The van der Waals surface area contributed by atoms with Crippen LogP contribution in [0.1, 0.15) is 90.5 Å². The van der Waals surface area contributed by atoms with E-state index in [1.807, 2.05) is 0 Å². The lowest BCUT2D eigenvalue weighted by Gasteiger charge is -2.38. The number of aromatic nitrogens is 3. The summed E-state index contributed by atoms with van der Waals surface area (Å²) in [6.07, 6.45) is 0.160. The topological polar surface area (TPSA) is 170 Å². The van der Waals surface area contributed by atoms with Gasteiger partial charge >= 0.3 is 11.9 Å². The fourth-order valence-corrected chi connectivity index (χ4v) is 11.8. The SMILES string of the molecule is Cc1c(CC(=O)OC(=O)C(c2c(C)n(C(=O)c3cccc(Cl)c3)c3ccc(O)c(F)c23)(c2c(C)n(C(=O)c3cccc(Cl)c3)c3ccc(O)c(F)c23)C2CCCC2)c2c(F)c(O)ccc2n1C(=O)c1cccc(Cl)c1. The van der Waals surface area contributed by atoms with E-state index in [4.69, 9.17) is 39.5 Å². The normalized spacial score (nSPS) is 13.1. The molecule has 0 unspecified atom stereocenters. The number of carbonyl (C=O) groups is 5. The second kappa shape index (κ2) is 19.1. The van der Waals surface area contributed by atoms with Gasteiger partial charge in [0.2, 0.25) is 0 Å². The van der Waals surface area contributed by atoms with Crippen molar-refractivity contribution in [3.63, 3.8) is 0 Å². The third-order valence-corrected chi connectivity index (χ3v) is 15.1. The Morgan fingerprint density at radius 2 is 0.907 bits per heavy atom. The Balaban J connectivity index is 1.27. The van der Waals surface area contributed by atoms with Gasteiger partial charge in [0.25, 0.3) is 17.7 Å². The van der Waals surface area contributed by atoms with Gasteiger partial charge in [-0.1, -0.05) is 65.8 Å². The first-order valence-electron chi connectivity index (χ1n) is 23.5. The average Bonchev–Trinajstić information content (AvgIpc) is 4.22. The molecule has 3 N–H and O–H groups in total. The molecule has 18 heteroatoms. The molecule has 380 valence electrons. The zero-order chi connectivity index (χ0) is 53.5. The number of fused-ring (bicyclic) bond motifs is 3. The molecule has 12 nitrogen and oxygen atoms in total. The highest BCUT2D eigenvalue weighted by Gasteiger charge is 2.57. The van der Waals surface area contributed by atoms with Crippen LogP contribution in [0.15, 0.2) is 109 Å². The second-order valence-electron chi connectivity index (χ2n) is 18.5. The number of phenolic OH excluding ortho intramolecular Hbond substituents is 3. The number of phenols is 3. The van der Waals surface area contributed by atoms with Gasteiger partial charge in [-0.25, -0.2) is 13.2 Å². The maximum Gasteiger partial charge on any atom is 0.329 e. The van der Waals surface area contributed by atoms with Gasteiger partial charge in [0, 0.05) is 76.1 Å². The summed E-state index contributed by atoms with van der Waals surface area (Å²) >= 11 is 19.0. The fourth-order valence-electron chi connectivity index (χ4n) is 11.3. The summed E-state index contributed by atoms with van der Waals surface area (Å²) in [7, 11) is 0. The summed E-state index contributed by atoms with van der Waals surface area (Å²) in [6.45, 7) is 4.22. The van der Waals surface area contributed by atoms with Crippen LogP contribution in [0.2, 0.25) is 15.1 Å². The van der Waals surface area contributed by atoms with Crippen LogP contribution in [0, 0.1) is 44.1 Å². The van der Waals surface area contributed by atoms with Crippen molar-refractivity contribution in [3.05, 3.63) is 192 Å². The van der Waals surface area contributed by atoms with Crippen LogP contribution in [0.25, 0.3) is 32.7 Å². The van der Waals surface area contributed by atoms with Crippen molar-refractivity contribution < 1.29 is 57.2 Å². The first kappa shape index (κ1) is 50.7. The number of aromatic hydroxyl groups is 3. The van der Waals surface area contributed by atoms with Gasteiger partial charge in [-0.2, -0.15) is 0 Å². The van der Waals surface area contributed by atoms with Crippen molar-refractivity contribution >= 4 is 97.2 Å². The Morgan fingerprint density at radius 3 is 1.29 bits per heavy atom. The zero-order valence-corrected chi connectivity index (χ0v) is 42.2. The van der Waals surface area contributed by atoms with Crippen molar-refractivity contribution in [2.45, 2.75) is 58.3 Å². The number of benzene rings is 6. The maximum atomic E-state index is 17.5. The summed E-state index contributed by atoms with van der Waals surface area (Å²) in [5.41, 5.74) is -4.03. The summed E-state index contributed by atoms with van der Waals surface area (Å²) in [6, 6.07) is 24.5. The Labute approximate surface area is 439 Å². The summed E-state index contributed by atoms with van der Waals surface area (Å²) in [5.74, 6) is -12.6. The molecular formula is C57H41Cl3F3N3O9. The van der Waals surface area contributed by atoms with Gasteiger partial charge in [0.05, 0.1) is 23.0 Å². The van der Waals surface area contributed by atoms with Crippen LogP contribution < -0.4 is 0 Å². The van der Waals surface area contributed by atoms with Crippen LogP contribution in [-0.4, -0.2) is 58.7 Å². The van der Waals surface area contributed by atoms with Gasteiger partial charge in [-0.05, 0) is 136 Å². The van der Waals surface area contributed by atoms with E-state index in [1.165, 1.54) is 106 Å². The molecule has 0 radical (unpaired) electrons. The van der Waals surface area contributed by atoms with E-state index < -0.39 is 92.9 Å². The molecule has 75 heavy (non-hydrogen) atoms. The van der Waals surface area contributed by atoms with Crippen molar-refractivity contribution in [3.8, 4) is 17.2 Å². The first-order valence-corrected chi connectivity index (χ1v) is 24.6. The minimum absolute atomic E-state index is 0.0120. The van der Waals surface area contributed by atoms with Crippen LogP contribution >= 0.6 is 34.8 Å². The van der Waals surface area contributed by atoms with Gasteiger partial charge in [0.1, 0.15) is 5.41 Å². The molecule has 3 heterocycles. The van der Waals surface area contributed by atoms with E-state index in [9.17, 15) is 34.5 Å². The summed E-state index contributed by atoms with van der Waals surface area (Å²) in [5, 5.41) is 32.3. The predicted octanol–water partition coefficient (Wildman–Crippen LogP) is 12.8. The molecule has 0 saturated heterocycles. The van der Waals surface area contributed by atoms with Crippen molar-refractivity contribution in [1.82, 2.24) is 13.7 Å². The second-order valence-corrected chi connectivity index (χ2v) is 19.9. The van der Waals surface area contributed by atoms with Crippen LogP contribution in [0.4, 0.5) is 13.2 Å². The molecule has 6 aromatic carbocycles. The highest BCUT2D eigenvalue weighted by molar-refractivity contribution is 6.32. The minimum Gasteiger partial charge on any atom is -0.505 e. The lowest BCUT2D eigenvalue weighted by Crippen LogP contribution is -2.47. The number of esters is 2. The molecule has 1 aliphatic carbocycles. The molecule has 0 atom stereocenters. The highest BCUT2D eigenvalue weighted by atomic mass is 35.5. The summed E-state index contributed by atoms with van der Waals surface area (Å²) < 4.78 is 60.5. The van der Waals surface area contributed by atoms with Crippen molar-refractivity contribution in [2.75, 3.05) is 0 Å². The molecule has 1 fully saturated rings. The predicted molar refractivity (Wildman–Crippen MR) is 276 cm³/mol. The van der Waals surface area contributed by atoms with Gasteiger partial charge in [-0.15, -0.1) is 0 Å². The molecule has 3 aromatic heterocycles. The average molecular weight is 1080 g/mol. The van der Waals surface area contributed by atoms with Crippen molar-refractivity contribution in [2.24, 2.45) is 5.92 Å². The quantitative estimate of drug-likeness (QED) is 0.0940. The minimum atomic E-state index is -2.63. The molecule has 1 aliphatic rings. The molecule has 0 aliphatic heterocycles. The molecule has 10 rings (SSSR count). The number of ether oxygens (including phenoxy) is 1. The lowest BCUT2D eigenvalue weighted by molar-refractivity contribution is -0.164. The Kier molecular flexibility index (Phi) is 12.9. The molecule has 0 amide bonds. The third-order valence-electron chi connectivity index (χ3n) is 14.4. The lowest BCUT2D eigenvalue weighted by atomic mass is 9.63. The number of hydrogen-bond acceptors (Lipinski definition) is 9. The van der Waals surface area contributed by atoms with E-state index in [0.717, 1.165) is 31.9 Å². The molecule has 0 bridgehead atoms. The van der Waals surface area contributed by atoms with Crippen LogP contribution in [0.3, 0.4) is 0 Å². The Hall–Kier alpha value is -7.85. The van der Waals surface area contributed by atoms with E-state index in [-0.39, 0.29) is 100 Å². The summed E-state index contributed by atoms with van der Waals surface area (Å²) in [4.78, 5) is 75.3. The van der Waals surface area contributed by atoms with E-state index in [2.05, 4.69) is 0 Å². The number of rotatable bonds is 9. The molecule has 9 aromatic rings. The smallest absolute Gasteiger partial charge is 0.329 e. The monoisotopic (exact) mass is 1070 g/mol. The zero-order valence-electron chi connectivity index (χ0n) is 39.9. The van der Waals surface area contributed by atoms with Gasteiger partial charge in [0.15, 0.2) is 34.7 Å². The Bertz CT molecular complexity index is 3810. The number of nitrogens with zero attached hydrogens (tertiary/aromatic N) is 3. The molecule has 0 spiro atoms. The number of hydrogen-bond donors (Lipinski definition) is 3. The highest BCUT2D eigenvalue weighted by Crippen LogP contribution is 2.56. The largest absolute Gasteiger partial charge is 0.505 e. The molecule has 1 saturated carbocycles. The van der Waals surface area contributed by atoms with Crippen molar-refractivity contribution in [1.29, 1.82) is 0 Å².